The van der Waals surface area contributed by atoms with Crippen LogP contribution in [0, 0.1) is 0 Å². The van der Waals surface area contributed by atoms with Gasteiger partial charge in [-0.2, -0.15) is 0 Å². The second-order valence-corrected chi connectivity index (χ2v) is 5.38. The lowest BCUT2D eigenvalue weighted by molar-refractivity contribution is 0.392. The Morgan fingerprint density at radius 1 is 1.17 bits per heavy atom. The molecule has 1 fully saturated rings. The van der Waals surface area contributed by atoms with E-state index < -0.39 is 0 Å². The molecule has 0 aromatic heterocycles. The molecule has 0 spiro atoms. The van der Waals surface area contributed by atoms with Crippen LogP contribution in [0.15, 0.2) is 35.2 Å². The Morgan fingerprint density at radius 3 is 2.33 bits per heavy atom. The van der Waals surface area contributed by atoms with Gasteiger partial charge in [0.25, 0.3) is 0 Å². The quantitative estimate of drug-likeness (QED) is 0.665. The van der Waals surface area contributed by atoms with E-state index in [0.717, 1.165) is 0 Å². The van der Waals surface area contributed by atoms with Crippen LogP contribution >= 0.6 is 11.8 Å². The van der Waals surface area contributed by atoms with Crippen molar-refractivity contribution in [3.63, 3.8) is 0 Å². The zero-order valence-corrected chi connectivity index (χ0v) is 8.23. The van der Waals surface area contributed by atoms with Gasteiger partial charge in [0.05, 0.1) is 0 Å². The zero-order valence-electron chi connectivity index (χ0n) is 7.42. The predicted octanol–water partition coefficient (Wildman–Crippen LogP) is 3.72. The Bertz CT molecular complexity index is 249. The second-order valence-electron chi connectivity index (χ2n) is 3.72. The lowest BCUT2D eigenvalue weighted by Gasteiger charge is -2.37. The van der Waals surface area contributed by atoms with Gasteiger partial charge in [0.2, 0.25) is 0 Å². The summed E-state index contributed by atoms with van der Waals surface area (Å²) < 4.78 is 0.543. The molecule has 12 heavy (non-hydrogen) atoms. The summed E-state index contributed by atoms with van der Waals surface area (Å²) in [7, 11) is 0. The van der Waals surface area contributed by atoms with Gasteiger partial charge in [-0.1, -0.05) is 31.5 Å². The summed E-state index contributed by atoms with van der Waals surface area (Å²) in [5.74, 6) is 0. The summed E-state index contributed by atoms with van der Waals surface area (Å²) >= 11 is 2.03. The Balaban J connectivity index is 2.04. The first-order valence-corrected chi connectivity index (χ1v) is 5.34. The molecular weight excluding hydrogens is 164 g/mol. The molecule has 0 bridgehead atoms. The van der Waals surface area contributed by atoms with E-state index in [9.17, 15) is 0 Å². The molecule has 0 heterocycles. The molecule has 0 aliphatic heterocycles. The highest BCUT2D eigenvalue weighted by Gasteiger charge is 2.32. The zero-order chi connectivity index (χ0) is 8.44. The maximum atomic E-state index is 2.37. The normalized spacial score (nSPS) is 20.1. The van der Waals surface area contributed by atoms with Gasteiger partial charge < -0.3 is 0 Å². The van der Waals surface area contributed by atoms with Crippen LogP contribution in [0.25, 0.3) is 0 Å². The summed E-state index contributed by atoms with van der Waals surface area (Å²) in [5.41, 5.74) is 0. The summed E-state index contributed by atoms with van der Waals surface area (Å²) in [6, 6.07) is 10.7. The van der Waals surface area contributed by atoms with Crippen LogP contribution in [0.1, 0.15) is 26.2 Å². The molecule has 1 heteroatoms. The first kappa shape index (κ1) is 8.18. The Morgan fingerprint density at radius 2 is 1.83 bits per heavy atom. The van der Waals surface area contributed by atoms with E-state index in [1.54, 1.807) is 0 Å². The average Bonchev–Trinajstić information content (AvgIpc) is 2.04. The highest BCUT2D eigenvalue weighted by Crippen LogP contribution is 2.46. The molecule has 0 unspecified atom stereocenters. The third kappa shape index (κ3) is 1.66. The van der Waals surface area contributed by atoms with E-state index in [1.807, 2.05) is 11.8 Å². The second kappa shape index (κ2) is 3.14. The van der Waals surface area contributed by atoms with Crippen LogP contribution in [0.5, 0.6) is 0 Å². The van der Waals surface area contributed by atoms with Crippen LogP contribution < -0.4 is 0 Å². The Hall–Kier alpha value is -0.430. The minimum atomic E-state index is 0.543. The van der Waals surface area contributed by atoms with Gasteiger partial charge in [-0.25, -0.2) is 0 Å². The van der Waals surface area contributed by atoms with Crippen LogP contribution in [0.4, 0.5) is 0 Å². The molecule has 0 saturated heterocycles. The van der Waals surface area contributed by atoms with E-state index >= 15 is 0 Å². The molecule has 1 saturated carbocycles. The van der Waals surface area contributed by atoms with Crippen molar-refractivity contribution in [3.05, 3.63) is 30.3 Å². The van der Waals surface area contributed by atoms with Crippen molar-refractivity contribution in [2.24, 2.45) is 0 Å². The molecule has 1 aromatic rings. The van der Waals surface area contributed by atoms with Gasteiger partial charge in [-0.3, -0.25) is 0 Å². The lowest BCUT2D eigenvalue weighted by atomic mass is 9.86. The van der Waals surface area contributed by atoms with Gasteiger partial charge in [0.1, 0.15) is 0 Å². The topological polar surface area (TPSA) is 0 Å². The third-order valence-corrected chi connectivity index (χ3v) is 3.93. The fourth-order valence-corrected chi connectivity index (χ4v) is 2.90. The van der Waals surface area contributed by atoms with Gasteiger partial charge in [-0.15, -0.1) is 11.8 Å². The number of hydrogen-bond acceptors (Lipinski definition) is 1. The summed E-state index contributed by atoms with van der Waals surface area (Å²) in [5, 5.41) is 0. The fourth-order valence-electron chi connectivity index (χ4n) is 1.55. The van der Waals surface area contributed by atoms with Gasteiger partial charge in [-0.05, 0) is 25.0 Å². The van der Waals surface area contributed by atoms with Crippen molar-refractivity contribution >= 4 is 11.8 Å². The molecule has 2 rings (SSSR count). The van der Waals surface area contributed by atoms with E-state index in [4.69, 9.17) is 0 Å². The molecule has 1 aliphatic rings. The molecule has 64 valence electrons. The molecule has 0 amide bonds. The molecule has 0 nitrogen and oxygen atoms in total. The van der Waals surface area contributed by atoms with Crippen LogP contribution in [0.3, 0.4) is 0 Å². The van der Waals surface area contributed by atoms with Crippen molar-refractivity contribution in [1.29, 1.82) is 0 Å². The SMILES string of the molecule is CC1(Sc2ccccc2)CCC1. The number of rotatable bonds is 2. The van der Waals surface area contributed by atoms with Gasteiger partial charge in [0.15, 0.2) is 0 Å². The molecule has 1 aromatic carbocycles. The monoisotopic (exact) mass is 178 g/mol. The first-order chi connectivity index (χ1) is 5.79. The third-order valence-electron chi connectivity index (χ3n) is 2.52. The summed E-state index contributed by atoms with van der Waals surface area (Å²) in [4.78, 5) is 1.42. The molecule has 0 N–H and O–H groups in total. The van der Waals surface area contributed by atoms with Crippen molar-refractivity contribution in [1.82, 2.24) is 0 Å². The van der Waals surface area contributed by atoms with Gasteiger partial charge >= 0.3 is 0 Å². The Kier molecular flexibility index (Phi) is 2.14. The standard InChI is InChI=1S/C11H14S/c1-11(8-5-9-11)12-10-6-3-2-4-7-10/h2-4,6-7H,5,8-9H2,1H3. The Labute approximate surface area is 78.4 Å². The maximum Gasteiger partial charge on any atom is 0.0179 e. The highest BCUT2D eigenvalue weighted by atomic mass is 32.2. The van der Waals surface area contributed by atoms with E-state index in [2.05, 4.69) is 37.3 Å². The van der Waals surface area contributed by atoms with Crippen LogP contribution in [-0.4, -0.2) is 4.75 Å². The molecule has 0 radical (unpaired) electrons. The summed E-state index contributed by atoms with van der Waals surface area (Å²) in [6.45, 7) is 2.37. The largest absolute Gasteiger partial charge is 0.120 e. The number of thioether (sulfide) groups is 1. The average molecular weight is 178 g/mol. The number of benzene rings is 1. The lowest BCUT2D eigenvalue weighted by Crippen LogP contribution is -2.28. The van der Waals surface area contributed by atoms with E-state index in [0.29, 0.717) is 4.75 Å². The van der Waals surface area contributed by atoms with Crippen LogP contribution in [-0.2, 0) is 0 Å². The van der Waals surface area contributed by atoms with E-state index in [1.165, 1.54) is 24.2 Å². The molecule has 0 atom stereocenters. The van der Waals surface area contributed by atoms with Crippen molar-refractivity contribution in [3.8, 4) is 0 Å². The van der Waals surface area contributed by atoms with Crippen molar-refractivity contribution in [2.45, 2.75) is 35.8 Å². The molecule has 1 aliphatic carbocycles. The fraction of sp³-hybridized carbons (Fsp3) is 0.455. The van der Waals surface area contributed by atoms with Crippen LogP contribution in [0.2, 0.25) is 0 Å². The smallest absolute Gasteiger partial charge is 0.0179 e. The van der Waals surface area contributed by atoms with E-state index in [-0.39, 0.29) is 0 Å². The van der Waals surface area contributed by atoms with Gasteiger partial charge in [0, 0.05) is 9.64 Å². The molecular formula is C11H14S. The van der Waals surface area contributed by atoms with Crippen molar-refractivity contribution in [2.75, 3.05) is 0 Å². The minimum Gasteiger partial charge on any atom is -0.120 e. The predicted molar refractivity (Wildman–Crippen MR) is 54.6 cm³/mol. The first-order valence-electron chi connectivity index (χ1n) is 4.53. The summed E-state index contributed by atoms with van der Waals surface area (Å²) in [6.07, 6.45) is 4.18. The highest BCUT2D eigenvalue weighted by molar-refractivity contribution is 8.00. The number of hydrogen-bond donors (Lipinski definition) is 0. The maximum absolute atomic E-state index is 2.37. The van der Waals surface area contributed by atoms with Crippen molar-refractivity contribution < 1.29 is 0 Å². The minimum absolute atomic E-state index is 0.543.